The van der Waals surface area contributed by atoms with Crippen LogP contribution in [0.15, 0.2) is 278 Å². The van der Waals surface area contributed by atoms with Crippen molar-refractivity contribution in [1.29, 1.82) is 0 Å². The van der Waals surface area contributed by atoms with Crippen LogP contribution in [0.4, 0.5) is 22.7 Å². The Morgan fingerprint density at radius 1 is 0.355 bits per heavy atom. The van der Waals surface area contributed by atoms with Crippen LogP contribution in [0, 0.1) is 0 Å². The van der Waals surface area contributed by atoms with Crippen LogP contribution in [0.3, 0.4) is 0 Å². The predicted octanol–water partition coefficient (Wildman–Crippen LogP) is 20.6. The molecule has 10 aromatic rings. The molecule has 0 fully saturated rings. The molecule has 464 valence electrons. The van der Waals surface area contributed by atoms with Crippen molar-refractivity contribution >= 4 is 55.7 Å². The fourth-order valence-electron chi connectivity index (χ4n) is 17.0. The number of anilines is 2. The zero-order chi connectivity index (χ0) is 63.9. The smallest absolute Gasteiger partial charge is 0.209 e. The van der Waals surface area contributed by atoms with Gasteiger partial charge >= 0.3 is 0 Å². The fourth-order valence-corrected chi connectivity index (χ4v) is 17.0. The number of allylic oxidation sites excluding steroid dienone is 8. The van der Waals surface area contributed by atoms with E-state index in [0.717, 1.165) is 70.9 Å². The largest absolute Gasteiger partial charge is 0.347 e. The van der Waals surface area contributed by atoms with Crippen molar-refractivity contribution in [3.63, 3.8) is 0 Å². The minimum absolute atomic E-state index is 0.239. The van der Waals surface area contributed by atoms with Crippen molar-refractivity contribution in [3.8, 4) is 0 Å². The molecule has 4 nitrogen and oxygen atoms in total. The van der Waals surface area contributed by atoms with Gasteiger partial charge in [0.05, 0.1) is 10.8 Å². The molecule has 0 spiro atoms. The van der Waals surface area contributed by atoms with Crippen molar-refractivity contribution in [2.24, 2.45) is 0 Å². The van der Waals surface area contributed by atoms with Crippen molar-refractivity contribution in [2.75, 3.05) is 37.0 Å². The summed E-state index contributed by atoms with van der Waals surface area (Å²) in [4.78, 5) is 4.91. The number of fused-ring (bicyclic) bond motifs is 8. The first kappa shape index (κ1) is 61.1. The van der Waals surface area contributed by atoms with Gasteiger partial charge < -0.3 is 9.80 Å². The third-order valence-electron chi connectivity index (χ3n) is 21.6. The van der Waals surface area contributed by atoms with Crippen LogP contribution in [-0.4, -0.2) is 47.8 Å². The molecule has 4 aliphatic heterocycles. The van der Waals surface area contributed by atoms with Crippen LogP contribution in [0.5, 0.6) is 0 Å². The number of para-hydroxylation sites is 2. The van der Waals surface area contributed by atoms with Gasteiger partial charge in [-0.2, -0.15) is 9.15 Å². The minimum atomic E-state index is -0.239. The van der Waals surface area contributed by atoms with Crippen molar-refractivity contribution in [1.82, 2.24) is 0 Å². The summed E-state index contributed by atoms with van der Waals surface area (Å²) in [6, 6.07) is 86.8. The average Bonchev–Trinajstić information content (AvgIpc) is 1.61. The van der Waals surface area contributed by atoms with Gasteiger partial charge in [0, 0.05) is 95.9 Å². The van der Waals surface area contributed by atoms with Gasteiger partial charge in [-0.3, -0.25) is 0 Å². The molecule has 0 aromatic heterocycles. The molecule has 4 aliphatic rings. The molecule has 93 heavy (non-hydrogen) atoms. The maximum atomic E-state index is 2.64. The second-order valence-electron chi connectivity index (χ2n) is 27.9. The van der Waals surface area contributed by atoms with Crippen molar-refractivity contribution in [3.05, 3.63) is 334 Å². The summed E-state index contributed by atoms with van der Waals surface area (Å²) in [5.74, 6) is 0. The SMILES string of the molecule is CCCC[N+]1=C(/C=C/C=C2/N(C)c3ccc4ccccc4c3C2(C)Cc2ccccc2)C(C)(Cc2ccc(Cc3ccc(CC4(C)C(/C=C/C=C5/N(C)c6ccc7ccccc7c6C5(C)Cc5ccccc5)=[N+](CCCC)c5ccccc54)cc3)cc2)c2ccccc21. The van der Waals surface area contributed by atoms with E-state index in [2.05, 4.69) is 342 Å². The van der Waals surface area contributed by atoms with E-state index in [1.165, 1.54) is 123 Å². The number of benzene rings is 10. The van der Waals surface area contributed by atoms with Crippen LogP contribution >= 0.6 is 0 Å². The van der Waals surface area contributed by atoms with Gasteiger partial charge in [-0.15, -0.1) is 0 Å². The molecular formula is C89H90N4+2. The number of unbranched alkanes of at least 4 members (excludes halogenated alkanes) is 2. The molecule has 4 heterocycles. The molecule has 0 N–H and O–H groups in total. The monoisotopic (exact) mass is 1210 g/mol. The van der Waals surface area contributed by atoms with Gasteiger partial charge in [0.15, 0.2) is 11.4 Å². The topological polar surface area (TPSA) is 12.5 Å². The van der Waals surface area contributed by atoms with Gasteiger partial charge in [-0.1, -0.05) is 245 Å². The lowest BCUT2D eigenvalue weighted by molar-refractivity contribution is -0.438. The second-order valence-corrected chi connectivity index (χ2v) is 27.9. The highest BCUT2D eigenvalue weighted by Gasteiger charge is 2.50. The molecular weight excluding hydrogens is 1130 g/mol. The summed E-state index contributed by atoms with van der Waals surface area (Å²) < 4.78 is 5.27. The standard InChI is InChI=1S/C89H90N4/c1-9-11-57-92-76-39-25-23-37-74(76)86(3,82(92)43-27-41-80-88(5,62-66-29-15-13-16-30-66)84-72-35-21-19-33-70(72)53-55-78(84)90(80)7)60-68-49-45-64(46-50-68)59-65-47-51-69(52-48-65)61-87(4)75-38-24-26-40-77(75)93(58-12-10-2)83(87)44-28-42-81-89(6,63-67-31-17-14-18-32-67)85-73-36-22-20-34-71(73)54-56-79(85)91(81)8/h13-56H,9-12,57-63H2,1-8H3/q+2. The minimum Gasteiger partial charge on any atom is -0.347 e. The Kier molecular flexibility index (Phi) is 16.6. The molecule has 4 heteroatoms. The zero-order valence-corrected chi connectivity index (χ0v) is 56.0. The highest BCUT2D eigenvalue weighted by molar-refractivity contribution is 6.05. The first-order chi connectivity index (χ1) is 45.3. The molecule has 10 aromatic carbocycles. The predicted molar refractivity (Wildman–Crippen MR) is 394 cm³/mol. The highest BCUT2D eigenvalue weighted by atomic mass is 15.2. The van der Waals surface area contributed by atoms with E-state index in [9.17, 15) is 0 Å². The maximum absolute atomic E-state index is 2.64. The summed E-state index contributed by atoms with van der Waals surface area (Å²) in [7, 11) is 4.53. The van der Waals surface area contributed by atoms with Gasteiger partial charge in [-0.25, -0.2) is 0 Å². The molecule has 0 radical (unpaired) electrons. The van der Waals surface area contributed by atoms with Crippen molar-refractivity contribution in [2.45, 2.75) is 121 Å². The van der Waals surface area contributed by atoms with E-state index < -0.39 is 0 Å². The van der Waals surface area contributed by atoms with Crippen LogP contribution in [0.25, 0.3) is 21.5 Å². The summed E-state index contributed by atoms with van der Waals surface area (Å²) in [5, 5.41) is 5.25. The van der Waals surface area contributed by atoms with Gasteiger partial charge in [-0.05, 0) is 150 Å². The normalized spacial score (nSPS) is 21.6. The Bertz CT molecular complexity index is 4340. The summed E-state index contributed by atoms with van der Waals surface area (Å²) >= 11 is 0. The Hall–Kier alpha value is -9.38. The van der Waals surface area contributed by atoms with Crippen LogP contribution in [0.2, 0.25) is 0 Å². The quantitative estimate of drug-likeness (QED) is 0.0705. The average molecular weight is 1220 g/mol. The molecule has 0 saturated heterocycles. The highest BCUT2D eigenvalue weighted by Crippen LogP contribution is 2.54. The van der Waals surface area contributed by atoms with Crippen LogP contribution in [-0.2, 0) is 53.8 Å². The van der Waals surface area contributed by atoms with E-state index >= 15 is 0 Å². The molecule has 0 bridgehead atoms. The fraction of sp³-hybridized carbons (Fsp3) is 0.258. The lowest BCUT2D eigenvalue weighted by Gasteiger charge is -2.29. The van der Waals surface area contributed by atoms with Crippen molar-refractivity contribution < 1.29 is 9.15 Å². The number of nitrogens with zero attached hydrogens (tertiary/aromatic N) is 4. The third-order valence-corrected chi connectivity index (χ3v) is 21.6. The van der Waals surface area contributed by atoms with E-state index in [4.69, 9.17) is 0 Å². The van der Waals surface area contributed by atoms with E-state index in [1.54, 1.807) is 0 Å². The van der Waals surface area contributed by atoms with E-state index in [0.29, 0.717) is 0 Å². The first-order valence-corrected chi connectivity index (χ1v) is 34.3. The molecule has 0 aliphatic carbocycles. The number of hydrogen-bond donors (Lipinski definition) is 0. The molecule has 14 rings (SSSR count). The van der Waals surface area contributed by atoms with E-state index in [-0.39, 0.29) is 21.7 Å². The summed E-state index contributed by atoms with van der Waals surface area (Å²) in [6.45, 7) is 16.5. The molecule has 0 amide bonds. The maximum Gasteiger partial charge on any atom is 0.209 e. The summed E-state index contributed by atoms with van der Waals surface area (Å²) in [6.07, 6.45) is 23.6. The van der Waals surface area contributed by atoms with Crippen LogP contribution < -0.4 is 9.80 Å². The molecule has 4 unspecified atom stereocenters. The summed E-state index contributed by atoms with van der Waals surface area (Å²) in [5.41, 5.74) is 23.4. The second kappa shape index (κ2) is 25.3. The first-order valence-electron chi connectivity index (χ1n) is 34.3. The number of hydrogen-bond acceptors (Lipinski definition) is 2. The lowest BCUT2D eigenvalue weighted by Crippen LogP contribution is -2.34. The number of likely N-dealkylation sites (N-methyl/N-ethyl adjacent to an activating group) is 2. The third kappa shape index (κ3) is 11.0. The Morgan fingerprint density at radius 3 is 1.11 bits per heavy atom. The molecule has 0 saturated carbocycles. The van der Waals surface area contributed by atoms with E-state index in [1.807, 2.05) is 0 Å². The van der Waals surface area contributed by atoms with Crippen LogP contribution in [0.1, 0.15) is 123 Å². The van der Waals surface area contributed by atoms with Gasteiger partial charge in [0.1, 0.15) is 13.1 Å². The number of rotatable bonds is 20. The Labute approximate surface area is 553 Å². The lowest BCUT2D eigenvalue weighted by atomic mass is 9.74. The Morgan fingerprint density at radius 2 is 0.699 bits per heavy atom. The molecule has 4 atom stereocenters. The van der Waals surface area contributed by atoms with Gasteiger partial charge in [0.2, 0.25) is 11.4 Å². The zero-order valence-electron chi connectivity index (χ0n) is 56.0. The Balaban J connectivity index is 0.726. The van der Waals surface area contributed by atoms with Gasteiger partial charge in [0.25, 0.3) is 0 Å².